The molecule has 0 atom stereocenters. The van der Waals surface area contributed by atoms with E-state index in [2.05, 4.69) is 16.9 Å². The number of nitrogens with zero attached hydrogens (tertiary/aromatic N) is 3. The van der Waals surface area contributed by atoms with Crippen molar-refractivity contribution in [1.29, 1.82) is 0 Å². The minimum atomic E-state index is -0.0709. The third kappa shape index (κ3) is 3.02. The minimum absolute atomic E-state index is 0.0709. The van der Waals surface area contributed by atoms with Crippen LogP contribution < -0.4 is 9.47 Å². The summed E-state index contributed by atoms with van der Waals surface area (Å²) in [6, 6.07) is 7.67. The third-order valence-corrected chi connectivity index (χ3v) is 4.84. The van der Waals surface area contributed by atoms with Crippen LogP contribution in [0.3, 0.4) is 0 Å². The normalized spacial score (nSPS) is 12.1. The van der Waals surface area contributed by atoms with Crippen LogP contribution in [0, 0.1) is 6.92 Å². The van der Waals surface area contributed by atoms with Gasteiger partial charge in [-0.3, -0.25) is 4.98 Å². The number of ether oxygens (including phenoxy) is 2. The predicted octanol–water partition coefficient (Wildman–Crippen LogP) is 3.61. The van der Waals surface area contributed by atoms with Gasteiger partial charge in [-0.2, -0.15) is 4.98 Å². The summed E-state index contributed by atoms with van der Waals surface area (Å²) in [6.07, 6.45) is 3.10. The van der Waals surface area contributed by atoms with Gasteiger partial charge in [-0.25, -0.2) is 4.98 Å². The Bertz CT molecular complexity index is 1020. The Morgan fingerprint density at radius 1 is 1.22 bits per heavy atom. The predicted molar refractivity (Wildman–Crippen MR) is 101 cm³/mol. The van der Waals surface area contributed by atoms with Crippen LogP contribution in [0.2, 0.25) is 0 Å². The fourth-order valence-corrected chi connectivity index (χ4v) is 3.37. The van der Waals surface area contributed by atoms with E-state index in [0.717, 1.165) is 45.8 Å². The summed E-state index contributed by atoms with van der Waals surface area (Å²) >= 11 is 0. The molecule has 27 heavy (non-hydrogen) atoms. The van der Waals surface area contributed by atoms with Gasteiger partial charge in [0.05, 0.1) is 25.1 Å². The van der Waals surface area contributed by atoms with Crippen molar-refractivity contribution in [1.82, 2.24) is 15.0 Å². The molecule has 3 aromatic rings. The Kier molecular flexibility index (Phi) is 4.49. The minimum Gasteiger partial charge on any atom is -0.497 e. The zero-order chi connectivity index (χ0) is 19.0. The van der Waals surface area contributed by atoms with Crippen molar-refractivity contribution in [2.45, 2.75) is 33.3 Å². The molecule has 3 heterocycles. The van der Waals surface area contributed by atoms with Crippen molar-refractivity contribution < 1.29 is 14.6 Å². The first-order valence-corrected chi connectivity index (χ1v) is 8.94. The van der Waals surface area contributed by atoms with E-state index in [0.29, 0.717) is 23.9 Å². The number of methoxy groups -OCH3 is 1. The molecule has 0 radical (unpaired) electrons. The molecule has 6 heteroatoms. The molecule has 0 amide bonds. The highest BCUT2D eigenvalue weighted by molar-refractivity contribution is 5.61. The summed E-state index contributed by atoms with van der Waals surface area (Å²) in [6.45, 7) is 3.90. The summed E-state index contributed by atoms with van der Waals surface area (Å²) in [5.41, 5.74) is 5.32. The molecule has 6 nitrogen and oxygen atoms in total. The Morgan fingerprint density at radius 2 is 2.07 bits per heavy atom. The van der Waals surface area contributed by atoms with Crippen LogP contribution in [0.4, 0.5) is 0 Å². The number of hydrogen-bond acceptors (Lipinski definition) is 6. The van der Waals surface area contributed by atoms with Crippen LogP contribution in [0.25, 0.3) is 11.4 Å². The summed E-state index contributed by atoms with van der Waals surface area (Å²) in [4.78, 5) is 13.8. The Hall–Kier alpha value is -2.99. The van der Waals surface area contributed by atoms with E-state index in [-0.39, 0.29) is 6.61 Å². The van der Waals surface area contributed by atoms with Gasteiger partial charge in [-0.15, -0.1) is 0 Å². The molecule has 1 aromatic carbocycles. The molecule has 1 aliphatic rings. The van der Waals surface area contributed by atoms with Crippen molar-refractivity contribution in [3.63, 3.8) is 0 Å². The fraction of sp³-hybridized carbons (Fsp3) is 0.286. The van der Waals surface area contributed by atoms with Crippen molar-refractivity contribution in [3.8, 4) is 28.8 Å². The second-order valence-electron chi connectivity index (χ2n) is 6.48. The molecule has 0 unspecified atom stereocenters. The Labute approximate surface area is 157 Å². The molecule has 2 aromatic heterocycles. The van der Waals surface area contributed by atoms with Gasteiger partial charge in [0.15, 0.2) is 11.6 Å². The molecule has 4 rings (SSSR count). The summed E-state index contributed by atoms with van der Waals surface area (Å²) in [7, 11) is 1.64. The molecule has 0 fully saturated rings. The Morgan fingerprint density at radius 3 is 2.81 bits per heavy atom. The lowest BCUT2D eigenvalue weighted by Crippen LogP contribution is -2.14. The van der Waals surface area contributed by atoms with Gasteiger partial charge >= 0.3 is 0 Å². The van der Waals surface area contributed by atoms with Crippen LogP contribution in [0.1, 0.15) is 35.0 Å². The maximum Gasteiger partial charge on any atom is 0.226 e. The van der Waals surface area contributed by atoms with E-state index in [1.165, 1.54) is 0 Å². The summed E-state index contributed by atoms with van der Waals surface area (Å²) in [5, 5.41) is 9.66. The lowest BCUT2D eigenvalue weighted by molar-refractivity contribution is 0.278. The first-order chi connectivity index (χ1) is 13.1. The zero-order valence-electron chi connectivity index (χ0n) is 15.6. The number of hydrogen-bond donors (Lipinski definition) is 1. The second-order valence-corrected chi connectivity index (χ2v) is 6.48. The molecular formula is C21H21N3O3. The van der Waals surface area contributed by atoms with E-state index in [1.807, 2.05) is 31.2 Å². The SMILES string of the molecule is CCc1nc(-c2cccc(OC)c2)nc2c1Cc1c(CO)cnc(C)c1O2. The van der Waals surface area contributed by atoms with Gasteiger partial charge in [0, 0.05) is 34.9 Å². The lowest BCUT2D eigenvalue weighted by atomic mass is 9.96. The fourth-order valence-electron chi connectivity index (χ4n) is 3.37. The first kappa shape index (κ1) is 17.4. The van der Waals surface area contributed by atoms with Crippen LogP contribution in [0.15, 0.2) is 30.5 Å². The highest BCUT2D eigenvalue weighted by Gasteiger charge is 2.26. The van der Waals surface area contributed by atoms with Gasteiger partial charge in [0.1, 0.15) is 5.75 Å². The van der Waals surface area contributed by atoms with Crippen molar-refractivity contribution in [3.05, 3.63) is 58.5 Å². The van der Waals surface area contributed by atoms with E-state index in [1.54, 1.807) is 13.3 Å². The van der Waals surface area contributed by atoms with Gasteiger partial charge in [0.2, 0.25) is 5.88 Å². The van der Waals surface area contributed by atoms with E-state index >= 15 is 0 Å². The highest BCUT2D eigenvalue weighted by Crippen LogP contribution is 2.40. The van der Waals surface area contributed by atoms with E-state index in [9.17, 15) is 5.11 Å². The standard InChI is InChI=1S/C21H21N3O3/c1-4-18-17-9-16-14(11-25)10-22-12(2)19(16)27-21(17)24-20(23-18)13-6-5-7-15(8-13)26-3/h5-8,10,25H,4,9,11H2,1-3H3. The Balaban J connectivity index is 1.84. The number of aliphatic hydroxyl groups is 1. The molecule has 1 aliphatic heterocycles. The number of pyridine rings is 1. The smallest absolute Gasteiger partial charge is 0.226 e. The quantitative estimate of drug-likeness (QED) is 0.597. The van der Waals surface area contributed by atoms with Gasteiger partial charge < -0.3 is 14.6 Å². The maximum absolute atomic E-state index is 9.66. The topological polar surface area (TPSA) is 77.4 Å². The number of rotatable bonds is 4. The van der Waals surface area contributed by atoms with Gasteiger partial charge in [-0.1, -0.05) is 19.1 Å². The lowest BCUT2D eigenvalue weighted by Gasteiger charge is -2.24. The molecule has 138 valence electrons. The molecule has 0 aliphatic carbocycles. The van der Waals surface area contributed by atoms with Crippen molar-refractivity contribution in [2.24, 2.45) is 0 Å². The average molecular weight is 363 g/mol. The van der Waals surface area contributed by atoms with E-state index < -0.39 is 0 Å². The maximum atomic E-state index is 9.66. The highest BCUT2D eigenvalue weighted by atomic mass is 16.5. The van der Waals surface area contributed by atoms with Crippen LogP contribution in [-0.2, 0) is 19.4 Å². The zero-order valence-corrected chi connectivity index (χ0v) is 15.6. The number of aryl methyl sites for hydroxylation is 2. The van der Waals surface area contributed by atoms with Crippen LogP contribution in [0.5, 0.6) is 17.4 Å². The molecule has 0 saturated heterocycles. The van der Waals surface area contributed by atoms with Crippen LogP contribution >= 0.6 is 0 Å². The van der Waals surface area contributed by atoms with Crippen molar-refractivity contribution >= 4 is 0 Å². The first-order valence-electron chi connectivity index (χ1n) is 8.94. The van der Waals surface area contributed by atoms with E-state index in [4.69, 9.17) is 14.5 Å². The number of benzene rings is 1. The molecule has 0 bridgehead atoms. The van der Waals surface area contributed by atoms with Gasteiger partial charge in [-0.05, 0) is 25.5 Å². The molecule has 1 N–H and O–H groups in total. The second kappa shape index (κ2) is 6.96. The third-order valence-electron chi connectivity index (χ3n) is 4.84. The number of fused-ring (bicyclic) bond motifs is 2. The largest absolute Gasteiger partial charge is 0.497 e. The van der Waals surface area contributed by atoms with Crippen LogP contribution in [-0.4, -0.2) is 27.2 Å². The average Bonchev–Trinajstić information content (AvgIpc) is 2.72. The summed E-state index contributed by atoms with van der Waals surface area (Å²) in [5.74, 6) is 2.61. The molecule has 0 spiro atoms. The number of aromatic nitrogens is 3. The summed E-state index contributed by atoms with van der Waals surface area (Å²) < 4.78 is 11.5. The molecular weight excluding hydrogens is 342 g/mol. The van der Waals surface area contributed by atoms with Crippen molar-refractivity contribution in [2.75, 3.05) is 7.11 Å². The van der Waals surface area contributed by atoms with Gasteiger partial charge in [0.25, 0.3) is 0 Å². The monoisotopic (exact) mass is 363 g/mol. The molecule has 0 saturated carbocycles. The number of aliphatic hydroxyl groups excluding tert-OH is 1.